The van der Waals surface area contributed by atoms with Gasteiger partial charge in [0.1, 0.15) is 18.0 Å². The molecule has 0 saturated heterocycles. The fourth-order valence-electron chi connectivity index (χ4n) is 3.48. The number of ether oxygens (including phenoxy) is 2. The third-order valence-corrected chi connectivity index (χ3v) is 5.77. The van der Waals surface area contributed by atoms with Gasteiger partial charge in [0, 0.05) is 11.6 Å². The lowest BCUT2D eigenvalue weighted by molar-refractivity contribution is -0.125. The largest absolute Gasteiger partial charge is 0.485 e. The van der Waals surface area contributed by atoms with E-state index in [4.69, 9.17) is 9.47 Å². The number of rotatable bonds is 8. The topological polar surface area (TPSA) is 84.9 Å². The van der Waals surface area contributed by atoms with Crippen molar-refractivity contribution in [2.45, 2.75) is 47.1 Å². The molecule has 0 aliphatic carbocycles. The van der Waals surface area contributed by atoms with Gasteiger partial charge in [-0.2, -0.15) is 0 Å². The number of nitrogens with one attached hydrogen (secondary N) is 1. The molecule has 0 fully saturated rings. The Bertz CT molecular complexity index is 1050. The number of nitrogens with zero attached hydrogens (tertiary/aromatic N) is 1. The van der Waals surface area contributed by atoms with Crippen molar-refractivity contribution in [1.82, 2.24) is 5.32 Å². The summed E-state index contributed by atoms with van der Waals surface area (Å²) in [5.74, 6) is 0.353. The predicted molar refractivity (Wildman–Crippen MR) is 123 cm³/mol. The summed E-state index contributed by atoms with van der Waals surface area (Å²) in [7, 11) is 0. The molecule has 2 amide bonds. The Labute approximate surface area is 188 Å². The van der Waals surface area contributed by atoms with Gasteiger partial charge in [-0.3, -0.25) is 19.3 Å². The van der Waals surface area contributed by atoms with Crippen LogP contribution in [0.4, 0.5) is 5.69 Å². The van der Waals surface area contributed by atoms with E-state index >= 15 is 0 Å². The molecule has 170 valence electrons. The first-order chi connectivity index (χ1) is 15.2. The normalized spacial score (nSPS) is 13.8. The van der Waals surface area contributed by atoms with E-state index in [0.29, 0.717) is 22.7 Å². The van der Waals surface area contributed by atoms with Crippen molar-refractivity contribution in [3.05, 3.63) is 52.6 Å². The molecule has 1 N–H and O–H groups in total. The fourth-order valence-corrected chi connectivity index (χ4v) is 3.48. The van der Waals surface area contributed by atoms with Gasteiger partial charge in [-0.15, -0.1) is 0 Å². The van der Waals surface area contributed by atoms with E-state index in [-0.39, 0.29) is 43.4 Å². The SMILES string of the molecule is CCC(C)NC(=O)CN1C(=O)COc2ccc(C(=O)COc3c(C)ccc(C)c3C)cc21. The Morgan fingerprint density at radius 2 is 1.88 bits per heavy atom. The molecule has 32 heavy (non-hydrogen) atoms. The lowest BCUT2D eigenvalue weighted by Crippen LogP contribution is -2.46. The molecular formula is C25H30N2O5. The number of ketones is 1. The predicted octanol–water partition coefficient (Wildman–Crippen LogP) is 3.51. The highest BCUT2D eigenvalue weighted by Gasteiger charge is 2.28. The molecule has 7 heteroatoms. The van der Waals surface area contributed by atoms with Crippen LogP contribution in [0.25, 0.3) is 0 Å². The van der Waals surface area contributed by atoms with Crippen LogP contribution in [0.1, 0.15) is 47.3 Å². The number of amides is 2. The summed E-state index contributed by atoms with van der Waals surface area (Å²) in [6, 6.07) is 8.88. The maximum Gasteiger partial charge on any atom is 0.265 e. The average Bonchev–Trinajstić information content (AvgIpc) is 2.77. The summed E-state index contributed by atoms with van der Waals surface area (Å²) < 4.78 is 11.3. The molecule has 7 nitrogen and oxygen atoms in total. The number of hydrogen-bond acceptors (Lipinski definition) is 5. The number of anilines is 1. The van der Waals surface area contributed by atoms with Crippen LogP contribution < -0.4 is 19.7 Å². The maximum absolute atomic E-state index is 12.9. The van der Waals surface area contributed by atoms with Gasteiger partial charge in [-0.1, -0.05) is 19.1 Å². The smallest absolute Gasteiger partial charge is 0.265 e. The van der Waals surface area contributed by atoms with Gasteiger partial charge in [0.25, 0.3) is 5.91 Å². The van der Waals surface area contributed by atoms with Crippen molar-refractivity contribution in [3.63, 3.8) is 0 Å². The van der Waals surface area contributed by atoms with Crippen molar-refractivity contribution < 1.29 is 23.9 Å². The average molecular weight is 439 g/mol. The molecule has 2 aromatic rings. The fraction of sp³-hybridized carbons (Fsp3) is 0.400. The van der Waals surface area contributed by atoms with Gasteiger partial charge >= 0.3 is 0 Å². The van der Waals surface area contributed by atoms with Crippen LogP contribution in [0.15, 0.2) is 30.3 Å². The number of carbonyl (C=O) groups is 3. The minimum Gasteiger partial charge on any atom is -0.485 e. The van der Waals surface area contributed by atoms with Crippen molar-refractivity contribution in [2.24, 2.45) is 0 Å². The first-order valence-electron chi connectivity index (χ1n) is 10.8. The molecule has 1 atom stereocenters. The van der Waals surface area contributed by atoms with E-state index in [9.17, 15) is 14.4 Å². The standard InChI is InChI=1S/C25H30N2O5/c1-6-17(4)26-23(29)12-27-20-11-19(9-10-22(20)31-14-24(27)30)21(28)13-32-25-16(3)8-7-15(2)18(25)5/h7-11,17H,6,12-14H2,1-5H3,(H,26,29). The Hall–Kier alpha value is -3.35. The Morgan fingerprint density at radius 3 is 2.59 bits per heavy atom. The first-order valence-corrected chi connectivity index (χ1v) is 10.8. The van der Waals surface area contributed by atoms with Gasteiger partial charge < -0.3 is 14.8 Å². The van der Waals surface area contributed by atoms with Crippen LogP contribution in [0, 0.1) is 20.8 Å². The molecule has 1 aliphatic rings. The van der Waals surface area contributed by atoms with Crippen LogP contribution in [0.2, 0.25) is 0 Å². The third-order valence-electron chi connectivity index (χ3n) is 5.77. The molecule has 1 aliphatic heterocycles. The van der Waals surface area contributed by atoms with Gasteiger partial charge in [0.15, 0.2) is 19.0 Å². The summed E-state index contributed by atoms with van der Waals surface area (Å²) in [5, 5.41) is 2.86. The van der Waals surface area contributed by atoms with Gasteiger partial charge in [-0.05, 0) is 69.0 Å². The Kier molecular flexibility index (Phi) is 7.18. The van der Waals surface area contributed by atoms with Crippen LogP contribution in [0.3, 0.4) is 0 Å². The van der Waals surface area contributed by atoms with Crippen molar-refractivity contribution >= 4 is 23.3 Å². The summed E-state index contributed by atoms with van der Waals surface area (Å²) >= 11 is 0. The molecule has 0 bridgehead atoms. The lowest BCUT2D eigenvalue weighted by Gasteiger charge is -2.29. The van der Waals surface area contributed by atoms with Gasteiger partial charge in [-0.25, -0.2) is 0 Å². The quantitative estimate of drug-likeness (QED) is 0.638. The Morgan fingerprint density at radius 1 is 1.16 bits per heavy atom. The van der Waals surface area contributed by atoms with E-state index in [0.717, 1.165) is 23.1 Å². The van der Waals surface area contributed by atoms with Crippen LogP contribution >= 0.6 is 0 Å². The van der Waals surface area contributed by atoms with Crippen molar-refractivity contribution in [2.75, 3.05) is 24.7 Å². The highest BCUT2D eigenvalue weighted by molar-refractivity contribution is 6.04. The van der Waals surface area contributed by atoms with Crippen LogP contribution in [-0.2, 0) is 9.59 Å². The zero-order valence-electron chi connectivity index (χ0n) is 19.3. The second-order valence-electron chi connectivity index (χ2n) is 8.19. The lowest BCUT2D eigenvalue weighted by atomic mass is 10.1. The second kappa shape index (κ2) is 9.85. The van der Waals surface area contributed by atoms with Crippen LogP contribution in [0.5, 0.6) is 11.5 Å². The molecule has 1 heterocycles. The van der Waals surface area contributed by atoms with E-state index in [1.807, 2.05) is 46.8 Å². The second-order valence-corrected chi connectivity index (χ2v) is 8.19. The number of hydrogen-bond donors (Lipinski definition) is 1. The minimum atomic E-state index is -0.330. The first kappa shape index (κ1) is 23.3. The zero-order valence-corrected chi connectivity index (χ0v) is 19.3. The molecule has 1 unspecified atom stereocenters. The molecule has 2 aromatic carbocycles. The minimum absolute atomic E-state index is 0.0108. The molecular weight excluding hydrogens is 408 g/mol. The van der Waals surface area contributed by atoms with Gasteiger partial charge in [0.05, 0.1) is 5.69 Å². The van der Waals surface area contributed by atoms with E-state index in [1.54, 1.807) is 18.2 Å². The van der Waals surface area contributed by atoms with Crippen molar-refractivity contribution in [1.29, 1.82) is 0 Å². The summed E-state index contributed by atoms with van der Waals surface area (Å²) in [6.45, 7) is 9.37. The molecule has 3 rings (SSSR count). The molecule has 0 saturated carbocycles. The number of carbonyl (C=O) groups excluding carboxylic acids is 3. The summed E-state index contributed by atoms with van der Waals surface area (Å²) in [6.07, 6.45) is 0.790. The number of Topliss-reactive ketones (excluding diaryl/α,β-unsaturated/α-hetero) is 1. The van der Waals surface area contributed by atoms with E-state index in [1.165, 1.54) is 4.90 Å². The maximum atomic E-state index is 12.9. The summed E-state index contributed by atoms with van der Waals surface area (Å²) in [5.41, 5.74) is 3.85. The molecule has 0 aromatic heterocycles. The molecule has 0 spiro atoms. The zero-order chi connectivity index (χ0) is 23.4. The van der Waals surface area contributed by atoms with Gasteiger partial charge in [0.2, 0.25) is 5.91 Å². The highest BCUT2D eigenvalue weighted by Crippen LogP contribution is 2.33. The molecule has 0 radical (unpaired) electrons. The van der Waals surface area contributed by atoms with E-state index in [2.05, 4.69) is 5.32 Å². The number of fused-ring (bicyclic) bond motifs is 1. The van der Waals surface area contributed by atoms with E-state index < -0.39 is 0 Å². The number of benzene rings is 2. The third kappa shape index (κ3) is 5.10. The van der Waals surface area contributed by atoms with Crippen LogP contribution in [-0.4, -0.2) is 43.4 Å². The monoisotopic (exact) mass is 438 g/mol. The Balaban J connectivity index is 1.78. The van der Waals surface area contributed by atoms with Crippen molar-refractivity contribution in [3.8, 4) is 11.5 Å². The number of aryl methyl sites for hydroxylation is 2. The summed E-state index contributed by atoms with van der Waals surface area (Å²) in [4.78, 5) is 39.1. The highest BCUT2D eigenvalue weighted by atomic mass is 16.5.